The number of benzene rings is 2. The Labute approximate surface area is 387 Å². The number of aliphatic hydroxyl groups excluding tert-OH is 2. The van der Waals surface area contributed by atoms with E-state index in [1.165, 1.54) is 24.7 Å². The van der Waals surface area contributed by atoms with E-state index in [1.807, 2.05) is 60.5 Å². The number of oxazole rings is 1. The minimum absolute atomic E-state index is 0.0132. The Morgan fingerprint density at radius 3 is 2.44 bits per heavy atom. The number of rotatable bonds is 14. The lowest BCUT2D eigenvalue weighted by atomic mass is 9.90. The van der Waals surface area contributed by atoms with Crippen LogP contribution in [0.25, 0.3) is 11.3 Å². The number of β-amino-alcohol motifs (C(OH)–C–C–N with tert-alkyl or cyclic N) is 1. The number of para-hydroxylation sites is 1. The van der Waals surface area contributed by atoms with Crippen LogP contribution in [0.5, 0.6) is 11.5 Å². The molecule has 0 unspecified atom stereocenters. The molecule has 0 saturated carbocycles. The van der Waals surface area contributed by atoms with Crippen molar-refractivity contribution in [2.45, 2.75) is 69.6 Å². The summed E-state index contributed by atoms with van der Waals surface area (Å²) in [5, 5.41) is 48.6. The Hall–Kier alpha value is -5.93. The number of carbonyl (C=O) groups is 2. The maximum absolute atomic E-state index is 14.0. The van der Waals surface area contributed by atoms with E-state index in [9.17, 15) is 38.1 Å². The van der Waals surface area contributed by atoms with Crippen molar-refractivity contribution in [3.8, 4) is 22.8 Å². The van der Waals surface area contributed by atoms with Crippen LogP contribution in [0, 0.1) is 5.92 Å². The van der Waals surface area contributed by atoms with Gasteiger partial charge in [0.25, 0.3) is 0 Å². The zero-order valence-corrected chi connectivity index (χ0v) is 38.0. The number of nitrogens with one attached hydrogen (secondary N) is 2. The van der Waals surface area contributed by atoms with Crippen LogP contribution >= 0.6 is 15.9 Å². The number of pyridine rings is 2. The molecule has 5 aromatic rings. The van der Waals surface area contributed by atoms with Crippen molar-refractivity contribution in [2.75, 3.05) is 39.3 Å². The fraction of sp³-hybridized carbons (Fsp3) is 0.391. The lowest BCUT2D eigenvalue weighted by Gasteiger charge is -2.46. The molecule has 1 fully saturated rings. The first-order valence-electron chi connectivity index (χ1n) is 21.1. The van der Waals surface area contributed by atoms with Crippen molar-refractivity contribution < 1.29 is 52.4 Å². The molecule has 20 heteroatoms. The van der Waals surface area contributed by atoms with E-state index in [4.69, 9.17) is 14.4 Å². The van der Waals surface area contributed by atoms with Crippen LogP contribution in [0.3, 0.4) is 0 Å². The number of oxime groups is 1. The van der Waals surface area contributed by atoms with Gasteiger partial charge in [-0.05, 0) is 73.3 Å². The molecule has 16 nitrogen and oxygen atoms in total. The lowest BCUT2D eigenvalue weighted by molar-refractivity contribution is -0.144. The molecule has 2 aromatic carbocycles. The van der Waals surface area contributed by atoms with Gasteiger partial charge < -0.3 is 40.3 Å². The van der Waals surface area contributed by atoms with Gasteiger partial charge in [0, 0.05) is 71.9 Å². The zero-order valence-electron chi connectivity index (χ0n) is 36.4. The maximum atomic E-state index is 14.0. The third-order valence-electron chi connectivity index (χ3n) is 11.4. The van der Waals surface area contributed by atoms with Gasteiger partial charge in [0.15, 0.2) is 5.76 Å². The third kappa shape index (κ3) is 13.1. The number of fused-ring (bicyclic) bond motifs is 1. The summed E-state index contributed by atoms with van der Waals surface area (Å²) >= 11 is 3.26. The topological polar surface area (TPSA) is 219 Å². The molecule has 1 saturated heterocycles. The summed E-state index contributed by atoms with van der Waals surface area (Å²) in [5.41, 5.74) is 2.39. The van der Waals surface area contributed by atoms with E-state index >= 15 is 0 Å². The molecule has 2 amide bonds. The van der Waals surface area contributed by atoms with Crippen LogP contribution in [-0.4, -0.2) is 127 Å². The van der Waals surface area contributed by atoms with Gasteiger partial charge in [0.2, 0.25) is 17.7 Å². The van der Waals surface area contributed by atoms with E-state index in [0.29, 0.717) is 34.9 Å². The van der Waals surface area contributed by atoms with Gasteiger partial charge in [-0.3, -0.25) is 29.4 Å². The number of aromatic hydroxyl groups is 1. The normalized spacial score (nSPS) is 19.0. The molecule has 0 spiro atoms. The van der Waals surface area contributed by atoms with Crippen molar-refractivity contribution in [3.63, 3.8) is 0 Å². The summed E-state index contributed by atoms with van der Waals surface area (Å²) in [6, 6.07) is 17.8. The van der Waals surface area contributed by atoms with Crippen molar-refractivity contribution in [1.29, 1.82) is 0 Å². The number of halogens is 4. The van der Waals surface area contributed by atoms with Gasteiger partial charge in [-0.15, -0.1) is 0 Å². The largest absolute Gasteiger partial charge is 0.506 e. The smallest absolute Gasteiger partial charge is 0.405 e. The summed E-state index contributed by atoms with van der Waals surface area (Å²) in [6.07, 6.45) is 1.000. The first-order valence-corrected chi connectivity index (χ1v) is 21.9. The molecule has 2 aliphatic heterocycles. The van der Waals surface area contributed by atoms with Crippen LogP contribution in [0.2, 0.25) is 0 Å². The SMILES string of the molecule is C/C(=N\O)c1cncc(Br)c1.CC(C)(c1ncc(-c2cncc(O)c2)o1)N1CCN(C[C@@H](O)C[C@@H](Cc2ccccc2)C(=O)N[C@H]2c3ccccc3OC[C@H]2O)[C@H](C(=O)NCC(F)(F)F)C1. The second kappa shape index (κ2) is 22.0. The van der Waals surface area contributed by atoms with Crippen LogP contribution < -0.4 is 15.4 Å². The van der Waals surface area contributed by atoms with E-state index in [0.717, 1.165) is 15.6 Å². The summed E-state index contributed by atoms with van der Waals surface area (Å²) in [7, 11) is 0. The summed E-state index contributed by atoms with van der Waals surface area (Å²) in [4.78, 5) is 43.3. The first-order chi connectivity index (χ1) is 31.4. The highest BCUT2D eigenvalue weighted by atomic mass is 79.9. The number of carbonyl (C=O) groups excluding carboxylic acids is 2. The van der Waals surface area contributed by atoms with Gasteiger partial charge >= 0.3 is 6.18 Å². The molecule has 5 atom stereocenters. The maximum Gasteiger partial charge on any atom is 0.405 e. The molecule has 3 aromatic heterocycles. The molecule has 2 aliphatic rings. The molecular formula is C46H52BrF3N8O8. The Bertz CT molecular complexity index is 2440. The van der Waals surface area contributed by atoms with Crippen LogP contribution in [0.4, 0.5) is 13.2 Å². The molecule has 0 radical (unpaired) electrons. The number of amides is 2. The van der Waals surface area contributed by atoms with Crippen molar-refractivity contribution in [2.24, 2.45) is 11.1 Å². The average Bonchev–Trinajstić information content (AvgIpc) is 3.81. The lowest BCUT2D eigenvalue weighted by Crippen LogP contribution is -2.63. The summed E-state index contributed by atoms with van der Waals surface area (Å²) < 4.78 is 52.3. The number of piperazine rings is 1. The highest BCUT2D eigenvalue weighted by Crippen LogP contribution is 2.35. The Morgan fingerprint density at radius 1 is 1.00 bits per heavy atom. The van der Waals surface area contributed by atoms with E-state index in [2.05, 4.69) is 41.4 Å². The minimum atomic E-state index is -4.64. The van der Waals surface area contributed by atoms with Gasteiger partial charge in [-0.2, -0.15) is 13.2 Å². The predicted octanol–water partition coefficient (Wildman–Crippen LogP) is 5.61. The standard InChI is InChI=1S/C39H45F3N6O7.C7H7BrN2O/c1-38(2,37-44-19-33(55-37)26-16-27(49)18-43-17-26)48-13-12-47(30(21-48)36(53)45-23-39(40,41)42)20-28(50)15-25(14-24-8-4-3-5-9-24)35(52)46-34-29-10-6-7-11-32(29)54-22-31(34)51;1-5(10-11)6-2-7(8)4-9-3-6/h3-11,16-19,25,28,30-31,34,49-51H,12-15,20-23H2,1-2H3,(H,45,53)(H,46,52);2-4,11H,1H3/b;10-5+/t25-,28+,30+,31-,34+;/m1./s1. The van der Waals surface area contributed by atoms with Gasteiger partial charge in [0.05, 0.1) is 35.8 Å². The highest BCUT2D eigenvalue weighted by Gasteiger charge is 2.43. The quantitative estimate of drug-likeness (QED) is 0.0454. The monoisotopic (exact) mass is 980 g/mol. The number of nitrogens with zero attached hydrogens (tertiary/aromatic N) is 6. The number of hydrogen-bond donors (Lipinski definition) is 6. The van der Waals surface area contributed by atoms with E-state index in [1.54, 1.807) is 48.5 Å². The fourth-order valence-electron chi connectivity index (χ4n) is 7.80. The second-order valence-electron chi connectivity index (χ2n) is 16.6. The van der Waals surface area contributed by atoms with Gasteiger partial charge in [0.1, 0.15) is 36.8 Å². The molecule has 66 heavy (non-hydrogen) atoms. The van der Waals surface area contributed by atoms with Crippen molar-refractivity contribution in [3.05, 3.63) is 125 Å². The molecule has 6 N–H and O–H groups in total. The fourth-order valence-corrected chi connectivity index (χ4v) is 8.17. The van der Waals surface area contributed by atoms with Crippen molar-refractivity contribution in [1.82, 2.24) is 35.4 Å². The van der Waals surface area contributed by atoms with Crippen molar-refractivity contribution >= 4 is 33.5 Å². The molecule has 5 heterocycles. The number of aromatic nitrogens is 3. The zero-order chi connectivity index (χ0) is 47.6. The molecule has 7 rings (SSSR count). The molecule has 0 aliphatic carbocycles. The molecular weight excluding hydrogens is 929 g/mol. The Balaban J connectivity index is 0.000000574. The summed E-state index contributed by atoms with van der Waals surface area (Å²) in [6.45, 7) is 4.21. The van der Waals surface area contributed by atoms with Gasteiger partial charge in [-0.25, -0.2) is 4.98 Å². The molecule has 0 bridgehead atoms. The third-order valence-corrected chi connectivity index (χ3v) is 11.8. The molecule has 352 valence electrons. The van der Waals surface area contributed by atoms with Crippen LogP contribution in [0.15, 0.2) is 112 Å². The van der Waals surface area contributed by atoms with E-state index in [-0.39, 0.29) is 50.7 Å². The van der Waals surface area contributed by atoms with Crippen LogP contribution in [0.1, 0.15) is 55.8 Å². The summed E-state index contributed by atoms with van der Waals surface area (Å²) in [5.74, 6) is -0.920. The minimum Gasteiger partial charge on any atom is -0.506 e. The Kier molecular flexibility index (Phi) is 16.5. The van der Waals surface area contributed by atoms with E-state index < -0.39 is 60.3 Å². The number of alkyl halides is 3. The van der Waals surface area contributed by atoms with Gasteiger partial charge in [-0.1, -0.05) is 53.7 Å². The Morgan fingerprint density at radius 2 is 1.73 bits per heavy atom. The highest BCUT2D eigenvalue weighted by molar-refractivity contribution is 9.10. The second-order valence-corrected chi connectivity index (χ2v) is 17.5. The first kappa shape index (κ1) is 49.5. The van der Waals surface area contributed by atoms with Crippen LogP contribution in [-0.2, 0) is 21.5 Å². The average molecular weight is 982 g/mol. The number of hydrogen-bond acceptors (Lipinski definition) is 14. The number of aliphatic hydroxyl groups is 2. The number of ether oxygens (including phenoxy) is 1. The predicted molar refractivity (Wildman–Crippen MR) is 239 cm³/mol.